The zero-order valence-corrected chi connectivity index (χ0v) is 16.2. The van der Waals surface area contributed by atoms with Crippen LogP contribution in [-0.2, 0) is 13.6 Å². The number of benzene rings is 1. The van der Waals surface area contributed by atoms with Crippen LogP contribution in [0.2, 0.25) is 0 Å². The molecule has 0 saturated heterocycles. The molecule has 27 heavy (non-hydrogen) atoms. The van der Waals surface area contributed by atoms with Crippen LogP contribution in [0.25, 0.3) is 11.2 Å². The van der Waals surface area contributed by atoms with E-state index in [9.17, 15) is 5.11 Å². The maximum absolute atomic E-state index is 10.4. The van der Waals surface area contributed by atoms with Crippen LogP contribution in [0, 0.1) is 0 Å². The molecule has 2 heterocycles. The standard InChI is InChI=1S/C19H27N7O/c1-5-14(19(2,3)27)23-18-24-16(15-17(25-18)26(4)11-22-15)21-10-12-8-6-7-9-13(12)20/h6-9,11,14,27H,5,10,20H2,1-4H3,(H2,21,23,24,25). The highest BCUT2D eigenvalue weighted by Gasteiger charge is 2.26. The minimum Gasteiger partial charge on any atom is -0.398 e. The molecule has 8 nitrogen and oxygen atoms in total. The Morgan fingerprint density at radius 2 is 2.00 bits per heavy atom. The summed E-state index contributed by atoms with van der Waals surface area (Å²) in [6, 6.07) is 7.52. The smallest absolute Gasteiger partial charge is 0.227 e. The monoisotopic (exact) mass is 369 g/mol. The number of nitrogen functional groups attached to an aromatic ring is 1. The van der Waals surface area contributed by atoms with E-state index >= 15 is 0 Å². The van der Waals surface area contributed by atoms with Gasteiger partial charge >= 0.3 is 0 Å². The van der Waals surface area contributed by atoms with Gasteiger partial charge in [-0.15, -0.1) is 0 Å². The van der Waals surface area contributed by atoms with Crippen LogP contribution in [0.3, 0.4) is 0 Å². The molecule has 0 saturated carbocycles. The Kier molecular flexibility index (Phi) is 5.18. The fraction of sp³-hybridized carbons (Fsp3) is 0.421. The molecule has 3 rings (SSSR count). The van der Waals surface area contributed by atoms with Crippen molar-refractivity contribution in [3.8, 4) is 0 Å². The Hall–Kier alpha value is -2.87. The predicted octanol–water partition coefficient (Wildman–Crippen LogP) is 2.52. The van der Waals surface area contributed by atoms with Crippen molar-refractivity contribution < 1.29 is 5.11 Å². The molecule has 0 bridgehead atoms. The fourth-order valence-electron chi connectivity index (χ4n) is 3.00. The summed E-state index contributed by atoms with van der Waals surface area (Å²) in [6.45, 7) is 6.08. The van der Waals surface area contributed by atoms with Crippen molar-refractivity contribution in [2.24, 2.45) is 7.05 Å². The van der Waals surface area contributed by atoms with Gasteiger partial charge in [-0.25, -0.2) is 4.98 Å². The molecule has 0 aliphatic heterocycles. The molecule has 5 N–H and O–H groups in total. The quantitative estimate of drug-likeness (QED) is 0.473. The second-order valence-corrected chi connectivity index (χ2v) is 7.23. The lowest BCUT2D eigenvalue weighted by Crippen LogP contribution is -2.41. The average Bonchev–Trinajstić information content (AvgIpc) is 2.99. The minimum atomic E-state index is -0.897. The van der Waals surface area contributed by atoms with Crippen LogP contribution in [0.15, 0.2) is 30.6 Å². The fourth-order valence-corrected chi connectivity index (χ4v) is 3.00. The number of fused-ring (bicyclic) bond motifs is 1. The Bertz CT molecular complexity index is 929. The van der Waals surface area contributed by atoms with Gasteiger partial charge in [-0.3, -0.25) is 0 Å². The van der Waals surface area contributed by atoms with Crippen molar-refractivity contribution in [2.45, 2.75) is 45.4 Å². The van der Waals surface area contributed by atoms with Crippen molar-refractivity contribution in [3.05, 3.63) is 36.2 Å². The van der Waals surface area contributed by atoms with E-state index in [-0.39, 0.29) is 6.04 Å². The molecular weight excluding hydrogens is 342 g/mol. The third-order valence-electron chi connectivity index (χ3n) is 4.63. The first-order valence-corrected chi connectivity index (χ1v) is 9.04. The molecule has 2 aromatic heterocycles. The predicted molar refractivity (Wildman–Crippen MR) is 108 cm³/mol. The Morgan fingerprint density at radius 1 is 1.26 bits per heavy atom. The first-order valence-electron chi connectivity index (χ1n) is 9.04. The maximum atomic E-state index is 10.4. The van der Waals surface area contributed by atoms with Gasteiger partial charge < -0.3 is 26.0 Å². The first kappa shape index (κ1) is 18.9. The number of hydrogen-bond donors (Lipinski definition) is 4. The van der Waals surface area contributed by atoms with Crippen LogP contribution < -0.4 is 16.4 Å². The second kappa shape index (κ2) is 7.40. The first-order chi connectivity index (χ1) is 12.8. The van der Waals surface area contributed by atoms with E-state index < -0.39 is 5.60 Å². The van der Waals surface area contributed by atoms with Gasteiger partial charge in [-0.2, -0.15) is 9.97 Å². The number of anilines is 3. The zero-order chi connectivity index (χ0) is 19.6. The minimum absolute atomic E-state index is 0.180. The molecule has 0 radical (unpaired) electrons. The molecule has 0 fully saturated rings. The molecule has 0 amide bonds. The van der Waals surface area contributed by atoms with Crippen LogP contribution in [0.1, 0.15) is 32.8 Å². The average molecular weight is 369 g/mol. The maximum Gasteiger partial charge on any atom is 0.227 e. The number of aromatic nitrogens is 4. The number of aliphatic hydroxyl groups is 1. The normalized spacial score (nSPS) is 12.9. The van der Waals surface area contributed by atoms with Gasteiger partial charge in [0.15, 0.2) is 17.0 Å². The lowest BCUT2D eigenvalue weighted by Gasteiger charge is -2.29. The zero-order valence-electron chi connectivity index (χ0n) is 16.2. The molecule has 0 spiro atoms. The van der Waals surface area contributed by atoms with Crippen molar-refractivity contribution >= 4 is 28.6 Å². The Morgan fingerprint density at radius 3 is 2.67 bits per heavy atom. The molecule has 144 valence electrons. The summed E-state index contributed by atoms with van der Waals surface area (Å²) in [5, 5.41) is 16.9. The van der Waals surface area contributed by atoms with Crippen molar-refractivity contribution in [3.63, 3.8) is 0 Å². The number of nitrogens with one attached hydrogen (secondary N) is 2. The number of rotatable bonds is 7. The molecule has 0 aliphatic carbocycles. The molecule has 1 aromatic carbocycles. The van der Waals surface area contributed by atoms with Gasteiger partial charge in [0, 0.05) is 19.3 Å². The number of para-hydroxylation sites is 1. The number of nitrogens with zero attached hydrogens (tertiary/aromatic N) is 4. The van der Waals surface area contributed by atoms with Crippen molar-refractivity contribution in [1.82, 2.24) is 19.5 Å². The van der Waals surface area contributed by atoms with Gasteiger partial charge in [0.2, 0.25) is 5.95 Å². The summed E-state index contributed by atoms with van der Waals surface area (Å²) in [5.41, 5.74) is 8.24. The van der Waals surface area contributed by atoms with Gasteiger partial charge in [-0.05, 0) is 31.9 Å². The summed E-state index contributed by atoms with van der Waals surface area (Å²) >= 11 is 0. The molecular formula is C19H27N7O. The van der Waals surface area contributed by atoms with Gasteiger partial charge in [0.05, 0.1) is 18.0 Å². The van der Waals surface area contributed by atoms with E-state index in [1.54, 1.807) is 20.2 Å². The lowest BCUT2D eigenvalue weighted by atomic mass is 9.97. The summed E-state index contributed by atoms with van der Waals surface area (Å²) < 4.78 is 1.84. The van der Waals surface area contributed by atoms with Gasteiger partial charge in [0.1, 0.15) is 0 Å². The number of aryl methyl sites for hydroxylation is 1. The van der Waals surface area contributed by atoms with Gasteiger partial charge in [0.25, 0.3) is 0 Å². The lowest BCUT2D eigenvalue weighted by molar-refractivity contribution is 0.0577. The van der Waals surface area contributed by atoms with E-state index in [0.29, 0.717) is 29.5 Å². The van der Waals surface area contributed by atoms with E-state index in [4.69, 9.17) is 5.73 Å². The van der Waals surface area contributed by atoms with Crippen molar-refractivity contribution in [2.75, 3.05) is 16.4 Å². The molecule has 3 aromatic rings. The van der Waals surface area contributed by atoms with Crippen LogP contribution >= 0.6 is 0 Å². The third-order valence-corrected chi connectivity index (χ3v) is 4.63. The van der Waals surface area contributed by atoms with Crippen LogP contribution in [0.4, 0.5) is 17.5 Å². The summed E-state index contributed by atoms with van der Waals surface area (Å²) in [7, 11) is 1.89. The molecule has 1 unspecified atom stereocenters. The number of hydrogen-bond acceptors (Lipinski definition) is 7. The largest absolute Gasteiger partial charge is 0.398 e. The second-order valence-electron chi connectivity index (χ2n) is 7.23. The van der Waals surface area contributed by atoms with Crippen LogP contribution in [-0.4, -0.2) is 36.3 Å². The molecule has 1 atom stereocenters. The van der Waals surface area contributed by atoms with Crippen molar-refractivity contribution in [1.29, 1.82) is 0 Å². The number of nitrogens with two attached hydrogens (primary N) is 1. The highest BCUT2D eigenvalue weighted by Crippen LogP contribution is 2.24. The summed E-state index contributed by atoms with van der Waals surface area (Å²) in [6.07, 6.45) is 2.44. The van der Waals surface area contributed by atoms with E-state index in [1.165, 1.54) is 0 Å². The van der Waals surface area contributed by atoms with Gasteiger partial charge in [-0.1, -0.05) is 25.1 Å². The third kappa shape index (κ3) is 4.11. The van der Waals surface area contributed by atoms with E-state index in [1.807, 2.05) is 42.8 Å². The van der Waals surface area contributed by atoms with Crippen LogP contribution in [0.5, 0.6) is 0 Å². The highest BCUT2D eigenvalue weighted by molar-refractivity contribution is 5.84. The van der Waals surface area contributed by atoms with E-state index in [0.717, 1.165) is 17.7 Å². The Labute approximate surface area is 158 Å². The Balaban J connectivity index is 1.93. The van der Waals surface area contributed by atoms with E-state index in [2.05, 4.69) is 25.6 Å². The topological polar surface area (TPSA) is 114 Å². The highest BCUT2D eigenvalue weighted by atomic mass is 16.3. The SMILES string of the molecule is CCC(Nc1nc(NCc2ccccc2N)c2ncn(C)c2n1)C(C)(C)O. The molecule has 8 heteroatoms. The number of imidazole rings is 1. The summed E-state index contributed by atoms with van der Waals surface area (Å²) in [5.74, 6) is 1.07. The summed E-state index contributed by atoms with van der Waals surface area (Å²) in [4.78, 5) is 13.6. The molecule has 0 aliphatic rings.